The van der Waals surface area contributed by atoms with E-state index in [9.17, 15) is 4.79 Å². The standard InChI is InChI=1S/C9H16O3/c1-4-8(2)7-9(10)12-6-5-11-3/h7H,4-6H2,1-3H3/b8-7+. The van der Waals surface area contributed by atoms with Crippen LogP contribution in [0.5, 0.6) is 0 Å². The predicted octanol–water partition coefficient (Wildman–Crippen LogP) is 1.53. The summed E-state index contributed by atoms with van der Waals surface area (Å²) in [5, 5.41) is 0. The van der Waals surface area contributed by atoms with E-state index in [0.29, 0.717) is 13.2 Å². The van der Waals surface area contributed by atoms with Crippen LogP contribution >= 0.6 is 0 Å². The second kappa shape index (κ2) is 6.85. The predicted molar refractivity (Wildman–Crippen MR) is 46.9 cm³/mol. The fraction of sp³-hybridized carbons (Fsp3) is 0.667. The topological polar surface area (TPSA) is 35.5 Å². The van der Waals surface area contributed by atoms with E-state index in [0.717, 1.165) is 12.0 Å². The van der Waals surface area contributed by atoms with Gasteiger partial charge < -0.3 is 9.47 Å². The van der Waals surface area contributed by atoms with Crippen LogP contribution in [0.3, 0.4) is 0 Å². The van der Waals surface area contributed by atoms with Crippen LogP contribution in [0.25, 0.3) is 0 Å². The minimum Gasteiger partial charge on any atom is -0.460 e. The van der Waals surface area contributed by atoms with Gasteiger partial charge in [-0.05, 0) is 13.3 Å². The zero-order valence-electron chi connectivity index (χ0n) is 7.92. The molecule has 0 aliphatic heterocycles. The fourth-order valence-corrected chi connectivity index (χ4v) is 0.571. The maximum atomic E-state index is 10.9. The average Bonchev–Trinajstić information content (AvgIpc) is 2.05. The Morgan fingerprint density at radius 3 is 2.58 bits per heavy atom. The molecule has 0 unspecified atom stereocenters. The van der Waals surface area contributed by atoms with Crippen molar-refractivity contribution in [2.45, 2.75) is 20.3 Å². The van der Waals surface area contributed by atoms with Crippen LogP contribution in [0, 0.1) is 0 Å². The van der Waals surface area contributed by atoms with Crippen LogP contribution in [-0.4, -0.2) is 26.3 Å². The Labute approximate surface area is 73.4 Å². The zero-order valence-corrected chi connectivity index (χ0v) is 7.92. The first kappa shape index (κ1) is 11.2. The van der Waals surface area contributed by atoms with Gasteiger partial charge in [-0.25, -0.2) is 4.79 Å². The van der Waals surface area contributed by atoms with Crippen molar-refractivity contribution in [1.29, 1.82) is 0 Å². The Bertz CT molecular complexity index is 161. The largest absolute Gasteiger partial charge is 0.460 e. The van der Waals surface area contributed by atoms with Crippen molar-refractivity contribution < 1.29 is 14.3 Å². The third kappa shape index (κ3) is 5.92. The van der Waals surface area contributed by atoms with Gasteiger partial charge in [0.2, 0.25) is 0 Å². The number of hydrogen-bond acceptors (Lipinski definition) is 3. The molecule has 0 saturated carbocycles. The van der Waals surface area contributed by atoms with Crippen molar-refractivity contribution in [3.63, 3.8) is 0 Å². The molecule has 12 heavy (non-hydrogen) atoms. The molecule has 70 valence electrons. The molecule has 0 fully saturated rings. The molecule has 0 amide bonds. The highest BCUT2D eigenvalue weighted by molar-refractivity contribution is 5.82. The molecule has 0 spiro atoms. The first-order chi connectivity index (χ1) is 5.70. The summed E-state index contributed by atoms with van der Waals surface area (Å²) < 4.78 is 9.54. The summed E-state index contributed by atoms with van der Waals surface area (Å²) in [7, 11) is 1.57. The second-order valence-corrected chi connectivity index (χ2v) is 2.50. The van der Waals surface area contributed by atoms with Gasteiger partial charge in [0.1, 0.15) is 6.61 Å². The lowest BCUT2D eigenvalue weighted by Gasteiger charge is -2.00. The highest BCUT2D eigenvalue weighted by Crippen LogP contribution is 1.97. The Morgan fingerprint density at radius 2 is 2.08 bits per heavy atom. The van der Waals surface area contributed by atoms with Gasteiger partial charge in [-0.3, -0.25) is 0 Å². The monoisotopic (exact) mass is 172 g/mol. The summed E-state index contributed by atoms with van der Waals surface area (Å²) >= 11 is 0. The van der Waals surface area contributed by atoms with Crippen LogP contribution < -0.4 is 0 Å². The zero-order chi connectivity index (χ0) is 9.40. The van der Waals surface area contributed by atoms with E-state index in [2.05, 4.69) is 0 Å². The number of carbonyl (C=O) groups is 1. The van der Waals surface area contributed by atoms with Gasteiger partial charge in [-0.15, -0.1) is 0 Å². The Morgan fingerprint density at radius 1 is 1.42 bits per heavy atom. The average molecular weight is 172 g/mol. The third-order valence-corrected chi connectivity index (χ3v) is 1.45. The fourth-order valence-electron chi connectivity index (χ4n) is 0.571. The lowest BCUT2D eigenvalue weighted by molar-refractivity contribution is -0.139. The molecule has 0 atom stereocenters. The molecule has 0 bridgehead atoms. The highest BCUT2D eigenvalue weighted by atomic mass is 16.6. The van der Waals surface area contributed by atoms with E-state index in [-0.39, 0.29) is 5.97 Å². The van der Waals surface area contributed by atoms with E-state index in [1.165, 1.54) is 6.08 Å². The lowest BCUT2D eigenvalue weighted by atomic mass is 10.2. The minimum atomic E-state index is -0.286. The number of ether oxygens (including phenoxy) is 2. The summed E-state index contributed by atoms with van der Waals surface area (Å²) in [5.41, 5.74) is 1.03. The molecule has 0 aromatic heterocycles. The van der Waals surface area contributed by atoms with Crippen molar-refractivity contribution in [3.05, 3.63) is 11.6 Å². The van der Waals surface area contributed by atoms with Gasteiger partial charge in [0.05, 0.1) is 6.61 Å². The Hall–Kier alpha value is -0.830. The van der Waals surface area contributed by atoms with E-state index < -0.39 is 0 Å². The summed E-state index contributed by atoms with van der Waals surface area (Å²) in [6.07, 6.45) is 2.38. The summed E-state index contributed by atoms with van der Waals surface area (Å²) in [6, 6.07) is 0. The third-order valence-electron chi connectivity index (χ3n) is 1.45. The molecule has 0 aliphatic carbocycles. The van der Waals surface area contributed by atoms with E-state index in [1.54, 1.807) is 7.11 Å². The van der Waals surface area contributed by atoms with Gasteiger partial charge in [-0.1, -0.05) is 12.5 Å². The number of methoxy groups -OCH3 is 1. The summed E-state index contributed by atoms with van der Waals surface area (Å²) in [6.45, 7) is 4.67. The molecule has 0 heterocycles. The Balaban J connectivity index is 3.59. The van der Waals surface area contributed by atoms with Crippen molar-refractivity contribution in [3.8, 4) is 0 Å². The van der Waals surface area contributed by atoms with Gasteiger partial charge in [0.25, 0.3) is 0 Å². The molecule has 3 heteroatoms. The molecule has 0 aromatic carbocycles. The molecule has 0 saturated heterocycles. The molecular weight excluding hydrogens is 156 g/mol. The van der Waals surface area contributed by atoms with Crippen molar-refractivity contribution in [1.82, 2.24) is 0 Å². The van der Waals surface area contributed by atoms with Crippen LogP contribution in [0.2, 0.25) is 0 Å². The molecule has 0 rings (SSSR count). The number of carbonyl (C=O) groups excluding carboxylic acids is 1. The van der Waals surface area contributed by atoms with E-state index in [4.69, 9.17) is 9.47 Å². The number of allylic oxidation sites excluding steroid dienone is 1. The van der Waals surface area contributed by atoms with E-state index in [1.807, 2.05) is 13.8 Å². The summed E-state index contributed by atoms with van der Waals surface area (Å²) in [5.74, 6) is -0.286. The molecular formula is C9H16O3. The molecule has 0 N–H and O–H groups in total. The van der Waals surface area contributed by atoms with Gasteiger partial charge in [0.15, 0.2) is 0 Å². The van der Waals surface area contributed by atoms with Crippen LogP contribution in [0.15, 0.2) is 11.6 Å². The maximum Gasteiger partial charge on any atom is 0.330 e. The molecule has 0 radical (unpaired) electrons. The van der Waals surface area contributed by atoms with Gasteiger partial charge >= 0.3 is 5.97 Å². The van der Waals surface area contributed by atoms with E-state index >= 15 is 0 Å². The van der Waals surface area contributed by atoms with Crippen LogP contribution in [-0.2, 0) is 14.3 Å². The first-order valence-electron chi connectivity index (χ1n) is 4.03. The van der Waals surface area contributed by atoms with Crippen LogP contribution in [0.1, 0.15) is 20.3 Å². The minimum absolute atomic E-state index is 0.286. The van der Waals surface area contributed by atoms with Gasteiger partial charge in [0, 0.05) is 13.2 Å². The van der Waals surface area contributed by atoms with Crippen molar-refractivity contribution >= 4 is 5.97 Å². The molecule has 0 aromatic rings. The smallest absolute Gasteiger partial charge is 0.330 e. The van der Waals surface area contributed by atoms with Gasteiger partial charge in [-0.2, -0.15) is 0 Å². The quantitative estimate of drug-likeness (QED) is 0.358. The lowest BCUT2D eigenvalue weighted by Crippen LogP contribution is -2.07. The maximum absolute atomic E-state index is 10.9. The van der Waals surface area contributed by atoms with Crippen molar-refractivity contribution in [2.75, 3.05) is 20.3 Å². The summed E-state index contributed by atoms with van der Waals surface area (Å²) in [4.78, 5) is 10.9. The number of hydrogen-bond donors (Lipinski definition) is 0. The normalized spacial score (nSPS) is 11.4. The highest BCUT2D eigenvalue weighted by Gasteiger charge is 1.97. The SMILES string of the molecule is CC/C(C)=C/C(=O)OCCOC. The first-order valence-corrected chi connectivity index (χ1v) is 4.03. The molecule has 3 nitrogen and oxygen atoms in total. The molecule has 0 aliphatic rings. The number of rotatable bonds is 5. The van der Waals surface area contributed by atoms with Crippen molar-refractivity contribution in [2.24, 2.45) is 0 Å². The second-order valence-electron chi connectivity index (χ2n) is 2.50. The Kier molecular flexibility index (Phi) is 6.38. The number of esters is 1. The van der Waals surface area contributed by atoms with Crippen LogP contribution in [0.4, 0.5) is 0 Å².